The first-order valence-electron chi connectivity index (χ1n) is 8.43. The fourth-order valence-electron chi connectivity index (χ4n) is 2.77. The van der Waals surface area contributed by atoms with Gasteiger partial charge in [-0.15, -0.1) is 0 Å². The second kappa shape index (κ2) is 9.15. The zero-order valence-corrected chi connectivity index (χ0v) is 16.0. The number of ether oxygens (including phenoxy) is 1. The molecule has 156 valence electrons. The highest BCUT2D eigenvalue weighted by Gasteiger charge is 2.27. The van der Waals surface area contributed by atoms with Crippen molar-refractivity contribution in [2.45, 2.75) is 13.0 Å². The highest BCUT2D eigenvalue weighted by molar-refractivity contribution is 7.91. The Kier molecular flexibility index (Phi) is 7.13. The third kappa shape index (κ3) is 5.76. The lowest BCUT2D eigenvalue weighted by molar-refractivity contribution is -0.134. The van der Waals surface area contributed by atoms with E-state index < -0.39 is 27.6 Å². The number of anilines is 2. The van der Waals surface area contributed by atoms with Crippen molar-refractivity contribution in [1.82, 2.24) is 5.32 Å². The van der Waals surface area contributed by atoms with Crippen molar-refractivity contribution >= 4 is 33.6 Å². The molecule has 2 rings (SSSR count). The van der Waals surface area contributed by atoms with Gasteiger partial charge < -0.3 is 20.0 Å². The first kappa shape index (κ1) is 21.8. The van der Waals surface area contributed by atoms with Gasteiger partial charge in [-0.2, -0.15) is 0 Å². The first-order chi connectivity index (χ1) is 13.1. The lowest BCUT2D eigenvalue weighted by Crippen LogP contribution is -2.44. The summed E-state index contributed by atoms with van der Waals surface area (Å²) < 4.78 is 56.9. The van der Waals surface area contributed by atoms with E-state index in [1.165, 1.54) is 11.8 Å². The molecule has 0 unspecified atom stereocenters. The van der Waals surface area contributed by atoms with Crippen LogP contribution in [0.4, 0.5) is 20.2 Å². The van der Waals surface area contributed by atoms with Crippen molar-refractivity contribution < 1.29 is 31.5 Å². The second-order valence-electron chi connectivity index (χ2n) is 6.34. The summed E-state index contributed by atoms with van der Waals surface area (Å²) in [7, 11) is -3.19. The molecule has 1 aromatic carbocycles. The molecule has 0 aliphatic carbocycles. The lowest BCUT2D eigenvalue weighted by atomic mass is 10.2. The number of sulfone groups is 1. The summed E-state index contributed by atoms with van der Waals surface area (Å²) in [6.07, 6.45) is -0.829. The quantitative estimate of drug-likeness (QED) is 0.330. The van der Waals surface area contributed by atoms with Crippen LogP contribution in [-0.2, 0) is 24.2 Å². The fraction of sp³-hybridized carbons (Fsp3) is 0.500. The summed E-state index contributed by atoms with van der Waals surface area (Å²) in [6.45, 7) is 1.32. The molecule has 1 aliphatic heterocycles. The Morgan fingerprint density at radius 3 is 2.43 bits per heavy atom. The van der Waals surface area contributed by atoms with E-state index in [1.54, 1.807) is 0 Å². The molecule has 1 atom stereocenters. The van der Waals surface area contributed by atoms with Crippen LogP contribution in [0.15, 0.2) is 12.1 Å². The normalized spacial score (nSPS) is 16.9. The molecule has 0 aromatic heterocycles. The van der Waals surface area contributed by atoms with Crippen LogP contribution in [0.2, 0.25) is 0 Å². The highest BCUT2D eigenvalue weighted by atomic mass is 32.2. The number of carbonyl (C=O) groups is 2. The van der Waals surface area contributed by atoms with Crippen LogP contribution in [-0.4, -0.2) is 64.6 Å². The molecular formula is C16H22F2N4O5S. The summed E-state index contributed by atoms with van der Waals surface area (Å²) in [6, 6.07) is 2.02. The van der Waals surface area contributed by atoms with Gasteiger partial charge >= 0.3 is 0 Å². The minimum atomic E-state index is -3.19. The smallest absolute Gasteiger partial charge is 0.293 e. The molecule has 1 heterocycles. The van der Waals surface area contributed by atoms with E-state index in [-0.39, 0.29) is 61.4 Å². The molecule has 0 saturated carbocycles. The maximum Gasteiger partial charge on any atom is 0.293 e. The van der Waals surface area contributed by atoms with E-state index in [9.17, 15) is 26.8 Å². The number of hydrazine groups is 1. The molecule has 0 spiro atoms. The number of hydrogen-bond donors (Lipinski definition) is 2. The maximum atomic E-state index is 14.5. The van der Waals surface area contributed by atoms with Crippen LogP contribution in [0.1, 0.15) is 6.92 Å². The first-order valence-corrected chi connectivity index (χ1v) is 10.3. The van der Waals surface area contributed by atoms with Gasteiger partial charge in [0.15, 0.2) is 21.5 Å². The van der Waals surface area contributed by atoms with E-state index in [0.29, 0.717) is 0 Å². The van der Waals surface area contributed by atoms with Crippen LogP contribution in [0.5, 0.6) is 0 Å². The number of benzene rings is 1. The van der Waals surface area contributed by atoms with E-state index in [0.717, 1.165) is 17.1 Å². The topological polar surface area (TPSA) is 122 Å². The van der Waals surface area contributed by atoms with Crippen molar-refractivity contribution in [1.29, 1.82) is 0 Å². The zero-order valence-electron chi connectivity index (χ0n) is 15.2. The zero-order chi connectivity index (χ0) is 20.9. The standard InChI is InChI=1S/C16H22F2N4O5S/c1-11(24)20-8-13(27-10-23)9-22(19)12-6-14(17)16(15(18)7-12)21-2-4-28(25,26)5-3-21/h6-7,10,13H,2-5,8-9,19H2,1H3,(H,20,24)/t13-/m0/s1. The largest absolute Gasteiger partial charge is 0.461 e. The van der Waals surface area contributed by atoms with E-state index in [2.05, 4.69) is 5.32 Å². The van der Waals surface area contributed by atoms with Gasteiger partial charge in [0.2, 0.25) is 5.91 Å². The van der Waals surface area contributed by atoms with Gasteiger partial charge in [-0.25, -0.2) is 23.0 Å². The summed E-state index contributed by atoms with van der Waals surface area (Å²) >= 11 is 0. The average Bonchev–Trinajstić information content (AvgIpc) is 2.60. The number of amides is 1. The van der Waals surface area contributed by atoms with Gasteiger partial charge in [-0.1, -0.05) is 0 Å². The molecule has 1 fully saturated rings. The minimum absolute atomic E-state index is 0.00613. The van der Waals surface area contributed by atoms with Crippen LogP contribution in [0.3, 0.4) is 0 Å². The molecule has 1 amide bonds. The van der Waals surface area contributed by atoms with Crippen LogP contribution in [0.25, 0.3) is 0 Å². The Morgan fingerprint density at radius 1 is 1.36 bits per heavy atom. The van der Waals surface area contributed by atoms with Crippen LogP contribution < -0.4 is 21.1 Å². The Labute approximate surface area is 161 Å². The fourth-order valence-corrected chi connectivity index (χ4v) is 3.97. The van der Waals surface area contributed by atoms with E-state index in [4.69, 9.17) is 10.6 Å². The Hall–Kier alpha value is -2.47. The van der Waals surface area contributed by atoms with Gasteiger partial charge in [-0.05, 0) is 0 Å². The predicted octanol–water partition coefficient (Wildman–Crippen LogP) is -0.443. The van der Waals surface area contributed by atoms with Gasteiger partial charge in [-0.3, -0.25) is 9.59 Å². The molecule has 28 heavy (non-hydrogen) atoms. The number of nitrogens with zero attached hydrogens (tertiary/aromatic N) is 2. The molecule has 12 heteroatoms. The molecule has 1 saturated heterocycles. The van der Waals surface area contributed by atoms with Gasteiger partial charge in [0.25, 0.3) is 6.47 Å². The summed E-state index contributed by atoms with van der Waals surface area (Å²) in [4.78, 5) is 22.9. The highest BCUT2D eigenvalue weighted by Crippen LogP contribution is 2.29. The van der Waals surface area contributed by atoms with E-state index in [1.807, 2.05) is 0 Å². The van der Waals surface area contributed by atoms with Crippen molar-refractivity contribution in [2.75, 3.05) is 47.6 Å². The van der Waals surface area contributed by atoms with Crippen molar-refractivity contribution in [3.63, 3.8) is 0 Å². The molecule has 9 nitrogen and oxygen atoms in total. The van der Waals surface area contributed by atoms with Crippen LogP contribution >= 0.6 is 0 Å². The third-order valence-electron chi connectivity index (χ3n) is 4.22. The maximum absolute atomic E-state index is 14.5. The Bertz CT molecular complexity index is 799. The number of rotatable bonds is 8. The summed E-state index contributed by atoms with van der Waals surface area (Å²) in [5, 5.41) is 3.45. The number of halogens is 2. The molecule has 3 N–H and O–H groups in total. The lowest BCUT2D eigenvalue weighted by Gasteiger charge is -2.30. The summed E-state index contributed by atoms with van der Waals surface area (Å²) in [5.41, 5.74) is -0.323. The minimum Gasteiger partial charge on any atom is -0.461 e. The number of nitrogens with one attached hydrogen (secondary N) is 1. The molecular weight excluding hydrogens is 398 g/mol. The molecule has 0 radical (unpaired) electrons. The molecule has 1 aromatic rings. The number of carbonyl (C=O) groups excluding carboxylic acids is 2. The average molecular weight is 420 g/mol. The number of hydrogen-bond acceptors (Lipinski definition) is 8. The van der Waals surface area contributed by atoms with Crippen LogP contribution in [0, 0.1) is 11.6 Å². The SMILES string of the molecule is CC(=O)NC[C@@H](CN(N)c1cc(F)c(N2CCS(=O)(=O)CC2)c(F)c1)OC=O. The summed E-state index contributed by atoms with van der Waals surface area (Å²) in [5.74, 6) is 3.36. The van der Waals surface area contributed by atoms with Gasteiger partial charge in [0.05, 0.1) is 30.3 Å². The Balaban J connectivity index is 2.13. The number of nitrogens with two attached hydrogens (primary N) is 1. The monoisotopic (exact) mass is 420 g/mol. The Morgan fingerprint density at radius 2 is 1.93 bits per heavy atom. The van der Waals surface area contributed by atoms with Gasteiger partial charge in [0, 0.05) is 32.1 Å². The third-order valence-corrected chi connectivity index (χ3v) is 5.83. The van der Waals surface area contributed by atoms with Gasteiger partial charge in [0.1, 0.15) is 11.8 Å². The van der Waals surface area contributed by atoms with Crippen molar-refractivity contribution in [2.24, 2.45) is 5.84 Å². The molecule has 1 aliphatic rings. The predicted molar refractivity (Wildman–Crippen MR) is 98.4 cm³/mol. The second-order valence-corrected chi connectivity index (χ2v) is 8.64. The molecule has 0 bridgehead atoms. The van der Waals surface area contributed by atoms with E-state index >= 15 is 0 Å². The van der Waals surface area contributed by atoms with Crippen molar-refractivity contribution in [3.05, 3.63) is 23.8 Å². The van der Waals surface area contributed by atoms with Crippen molar-refractivity contribution in [3.8, 4) is 0 Å².